The minimum atomic E-state index is -0.875. The van der Waals surface area contributed by atoms with Gasteiger partial charge in [0, 0.05) is 21.2 Å². The van der Waals surface area contributed by atoms with Crippen molar-refractivity contribution in [3.05, 3.63) is 28.2 Å². The van der Waals surface area contributed by atoms with E-state index in [2.05, 4.69) is 15.9 Å². The molecule has 0 radical (unpaired) electrons. The third kappa shape index (κ3) is 1.66. The van der Waals surface area contributed by atoms with Crippen LogP contribution in [0, 0.1) is 5.92 Å². The molecular weight excluding hydrogens is 262 g/mol. The van der Waals surface area contributed by atoms with Crippen molar-refractivity contribution in [3.63, 3.8) is 0 Å². The lowest BCUT2D eigenvalue weighted by Crippen LogP contribution is -2.29. The van der Waals surface area contributed by atoms with Crippen molar-refractivity contribution < 1.29 is 4.21 Å². The molecule has 0 bridgehead atoms. The summed E-state index contributed by atoms with van der Waals surface area (Å²) in [6, 6.07) is 5.81. The van der Waals surface area contributed by atoms with E-state index in [1.807, 2.05) is 25.1 Å². The van der Waals surface area contributed by atoms with Gasteiger partial charge in [0.25, 0.3) is 0 Å². The molecule has 14 heavy (non-hydrogen) atoms. The average Bonchev–Trinajstić information content (AvgIpc) is 2.14. The van der Waals surface area contributed by atoms with E-state index in [1.54, 1.807) is 0 Å². The number of rotatable bonds is 0. The molecule has 0 aromatic heterocycles. The Hall–Kier alpha value is -0.190. The fourth-order valence-electron chi connectivity index (χ4n) is 1.73. The van der Waals surface area contributed by atoms with Gasteiger partial charge in [0.2, 0.25) is 0 Å². The van der Waals surface area contributed by atoms with Crippen LogP contribution in [0.1, 0.15) is 18.5 Å². The summed E-state index contributed by atoms with van der Waals surface area (Å²) in [6.45, 7) is 2.05. The van der Waals surface area contributed by atoms with Crippen LogP contribution in [0.25, 0.3) is 0 Å². The summed E-state index contributed by atoms with van der Waals surface area (Å²) in [7, 11) is -0.875. The number of nitrogens with two attached hydrogens (primary N) is 1. The van der Waals surface area contributed by atoms with Crippen molar-refractivity contribution in [1.82, 2.24) is 0 Å². The first kappa shape index (κ1) is 10.3. The fourth-order valence-corrected chi connectivity index (χ4v) is 3.65. The summed E-state index contributed by atoms with van der Waals surface area (Å²) in [6.07, 6.45) is 0. The van der Waals surface area contributed by atoms with Crippen LogP contribution >= 0.6 is 15.9 Å². The van der Waals surface area contributed by atoms with E-state index in [0.717, 1.165) is 14.9 Å². The molecule has 1 aromatic rings. The van der Waals surface area contributed by atoms with Crippen LogP contribution in [0.15, 0.2) is 27.6 Å². The first-order chi connectivity index (χ1) is 6.59. The standard InChI is InChI=1S/C10H12BrNOS/c1-6-5-14(13)9-3-2-7(11)4-8(9)10(6)12/h2-4,6,10H,5,12H2,1H3. The average molecular weight is 274 g/mol. The molecule has 2 rings (SSSR count). The van der Waals surface area contributed by atoms with Gasteiger partial charge in [-0.2, -0.15) is 0 Å². The molecule has 4 heteroatoms. The summed E-state index contributed by atoms with van der Waals surface area (Å²) in [5.41, 5.74) is 7.09. The number of hydrogen-bond donors (Lipinski definition) is 1. The maximum atomic E-state index is 11.8. The molecule has 0 fully saturated rings. The van der Waals surface area contributed by atoms with Crippen molar-refractivity contribution in [2.75, 3.05) is 5.75 Å². The van der Waals surface area contributed by atoms with Gasteiger partial charge in [0.05, 0.1) is 10.8 Å². The van der Waals surface area contributed by atoms with Crippen LogP contribution in [0.3, 0.4) is 0 Å². The maximum absolute atomic E-state index is 11.8. The van der Waals surface area contributed by atoms with E-state index >= 15 is 0 Å². The molecule has 0 saturated carbocycles. The van der Waals surface area contributed by atoms with E-state index < -0.39 is 10.8 Å². The lowest BCUT2D eigenvalue weighted by atomic mass is 9.96. The van der Waals surface area contributed by atoms with Gasteiger partial charge in [-0.05, 0) is 29.7 Å². The predicted octanol–water partition coefficient (Wildman–Crippen LogP) is 2.21. The Kier molecular flexibility index (Phi) is 2.77. The number of halogens is 1. The second-order valence-electron chi connectivity index (χ2n) is 3.70. The highest BCUT2D eigenvalue weighted by Crippen LogP contribution is 2.33. The zero-order chi connectivity index (χ0) is 10.3. The Balaban J connectivity index is 2.56. The van der Waals surface area contributed by atoms with E-state index in [0.29, 0.717) is 5.75 Å². The van der Waals surface area contributed by atoms with Crippen LogP contribution in [0.2, 0.25) is 0 Å². The molecule has 0 saturated heterocycles. The smallest absolute Gasteiger partial charge is 0.0536 e. The monoisotopic (exact) mass is 273 g/mol. The number of fused-ring (bicyclic) bond motifs is 1. The summed E-state index contributed by atoms with van der Waals surface area (Å²) >= 11 is 3.40. The molecule has 1 aromatic carbocycles. The molecule has 1 heterocycles. The molecule has 1 aliphatic rings. The van der Waals surface area contributed by atoms with Crippen LogP contribution in [0.4, 0.5) is 0 Å². The minimum Gasteiger partial charge on any atom is -0.324 e. The van der Waals surface area contributed by atoms with E-state index in [-0.39, 0.29) is 12.0 Å². The molecule has 2 N–H and O–H groups in total. The van der Waals surface area contributed by atoms with Crippen molar-refractivity contribution in [1.29, 1.82) is 0 Å². The number of hydrogen-bond acceptors (Lipinski definition) is 2. The van der Waals surface area contributed by atoms with Crippen molar-refractivity contribution in [2.45, 2.75) is 17.9 Å². The highest BCUT2D eigenvalue weighted by Gasteiger charge is 2.27. The third-order valence-corrected chi connectivity index (χ3v) is 4.79. The molecule has 0 aliphatic carbocycles. The van der Waals surface area contributed by atoms with Gasteiger partial charge >= 0.3 is 0 Å². The second kappa shape index (κ2) is 3.76. The van der Waals surface area contributed by atoms with Gasteiger partial charge in [-0.3, -0.25) is 4.21 Å². The first-order valence-corrected chi connectivity index (χ1v) is 6.64. The van der Waals surface area contributed by atoms with Gasteiger partial charge in [-0.15, -0.1) is 0 Å². The molecular formula is C10H12BrNOS. The lowest BCUT2D eigenvalue weighted by Gasteiger charge is -2.27. The Morgan fingerprint density at radius 2 is 2.29 bits per heavy atom. The van der Waals surface area contributed by atoms with Gasteiger partial charge < -0.3 is 5.73 Å². The predicted molar refractivity (Wildman–Crippen MR) is 61.5 cm³/mol. The molecule has 3 unspecified atom stereocenters. The molecule has 1 aliphatic heterocycles. The third-order valence-electron chi connectivity index (χ3n) is 2.60. The Morgan fingerprint density at radius 3 is 3.00 bits per heavy atom. The zero-order valence-electron chi connectivity index (χ0n) is 7.87. The Morgan fingerprint density at radius 1 is 1.57 bits per heavy atom. The quantitative estimate of drug-likeness (QED) is 0.788. The molecule has 76 valence electrons. The van der Waals surface area contributed by atoms with Crippen LogP contribution < -0.4 is 5.73 Å². The maximum Gasteiger partial charge on any atom is 0.0536 e. The molecule has 0 amide bonds. The van der Waals surface area contributed by atoms with Gasteiger partial charge in [0.15, 0.2) is 0 Å². The second-order valence-corrected chi connectivity index (χ2v) is 6.08. The Labute approximate surface area is 94.5 Å². The van der Waals surface area contributed by atoms with Crippen molar-refractivity contribution >= 4 is 26.7 Å². The fraction of sp³-hybridized carbons (Fsp3) is 0.400. The minimum absolute atomic E-state index is 0.0141. The lowest BCUT2D eigenvalue weighted by molar-refractivity contribution is 0.496. The van der Waals surface area contributed by atoms with Gasteiger partial charge in [0.1, 0.15) is 0 Å². The largest absolute Gasteiger partial charge is 0.324 e. The van der Waals surface area contributed by atoms with E-state index in [1.165, 1.54) is 0 Å². The van der Waals surface area contributed by atoms with E-state index in [9.17, 15) is 4.21 Å². The Bertz CT molecular complexity index is 394. The SMILES string of the molecule is CC1CS(=O)c2ccc(Br)cc2C1N. The number of benzene rings is 1. The van der Waals surface area contributed by atoms with Gasteiger partial charge in [-0.25, -0.2) is 0 Å². The zero-order valence-corrected chi connectivity index (χ0v) is 10.3. The highest BCUT2D eigenvalue weighted by molar-refractivity contribution is 9.10. The summed E-state index contributed by atoms with van der Waals surface area (Å²) < 4.78 is 12.8. The van der Waals surface area contributed by atoms with Crippen LogP contribution in [-0.4, -0.2) is 9.96 Å². The summed E-state index contributed by atoms with van der Waals surface area (Å²) in [5.74, 6) is 0.966. The first-order valence-electron chi connectivity index (χ1n) is 4.53. The van der Waals surface area contributed by atoms with Crippen LogP contribution in [0.5, 0.6) is 0 Å². The molecule has 0 spiro atoms. The molecule has 2 nitrogen and oxygen atoms in total. The topological polar surface area (TPSA) is 43.1 Å². The highest BCUT2D eigenvalue weighted by atomic mass is 79.9. The summed E-state index contributed by atoms with van der Waals surface area (Å²) in [5, 5.41) is 0. The summed E-state index contributed by atoms with van der Waals surface area (Å²) in [4.78, 5) is 0.902. The molecule has 3 atom stereocenters. The van der Waals surface area contributed by atoms with Crippen molar-refractivity contribution in [2.24, 2.45) is 11.7 Å². The van der Waals surface area contributed by atoms with E-state index in [4.69, 9.17) is 5.73 Å². The normalized spacial score (nSPS) is 31.2. The van der Waals surface area contributed by atoms with Crippen molar-refractivity contribution in [3.8, 4) is 0 Å². The van der Waals surface area contributed by atoms with Gasteiger partial charge in [-0.1, -0.05) is 22.9 Å². The van der Waals surface area contributed by atoms with Crippen LogP contribution in [-0.2, 0) is 10.8 Å².